The largest absolute Gasteiger partial charge is 0.411 e. The van der Waals surface area contributed by atoms with Gasteiger partial charge in [0.1, 0.15) is 7.05 Å². The third kappa shape index (κ3) is 2.54. The molecule has 0 unspecified atom stereocenters. The Bertz CT molecular complexity index is 851. The van der Waals surface area contributed by atoms with Crippen molar-refractivity contribution in [1.82, 2.24) is 9.90 Å². The third-order valence-corrected chi connectivity index (χ3v) is 3.25. The van der Waals surface area contributed by atoms with Crippen LogP contribution in [0.1, 0.15) is 10.5 Å². The summed E-state index contributed by atoms with van der Waals surface area (Å²) >= 11 is 0. The van der Waals surface area contributed by atoms with Crippen LogP contribution in [0.25, 0.3) is 5.69 Å². The van der Waals surface area contributed by atoms with Gasteiger partial charge >= 0.3 is 17.2 Å². The molecule has 1 amide bonds. The van der Waals surface area contributed by atoms with Crippen LogP contribution in [-0.4, -0.2) is 15.8 Å². The standard InChI is InChI=1S/C16H14N4O2/c1-19-14(15(21)17-12-8-4-2-5-9-12)16(22)20(18-19)13-10-6-3-7-11-13/h2-11H,1H3,(H-,17,18,21,22)/p+1. The lowest BCUT2D eigenvalue weighted by Gasteiger charge is -2.00. The first-order chi connectivity index (χ1) is 10.7. The number of aromatic amines is 1. The highest BCUT2D eigenvalue weighted by Gasteiger charge is 2.27. The number of anilines is 1. The summed E-state index contributed by atoms with van der Waals surface area (Å²) in [5, 5.41) is 5.57. The fourth-order valence-electron chi connectivity index (χ4n) is 2.21. The Balaban J connectivity index is 1.97. The Morgan fingerprint density at radius 2 is 1.64 bits per heavy atom. The van der Waals surface area contributed by atoms with Gasteiger partial charge in [-0.1, -0.05) is 46.3 Å². The van der Waals surface area contributed by atoms with Crippen molar-refractivity contribution in [3.8, 4) is 5.69 Å². The van der Waals surface area contributed by atoms with Gasteiger partial charge < -0.3 is 5.32 Å². The second kappa shape index (κ2) is 5.69. The average molecular weight is 295 g/mol. The quantitative estimate of drug-likeness (QED) is 0.714. The van der Waals surface area contributed by atoms with Crippen molar-refractivity contribution in [2.24, 2.45) is 7.05 Å². The lowest BCUT2D eigenvalue weighted by molar-refractivity contribution is -0.733. The maximum Gasteiger partial charge on any atom is 0.411 e. The van der Waals surface area contributed by atoms with E-state index in [0.29, 0.717) is 11.4 Å². The number of nitrogens with one attached hydrogen (secondary N) is 2. The summed E-state index contributed by atoms with van der Waals surface area (Å²) in [5.74, 6) is -0.454. The van der Waals surface area contributed by atoms with E-state index in [1.807, 2.05) is 36.4 Å². The van der Waals surface area contributed by atoms with E-state index < -0.39 is 11.5 Å². The molecule has 0 bridgehead atoms. The molecule has 0 aliphatic rings. The summed E-state index contributed by atoms with van der Waals surface area (Å²) in [6, 6.07) is 18.1. The predicted molar refractivity (Wildman–Crippen MR) is 82.0 cm³/mol. The lowest BCUT2D eigenvalue weighted by atomic mass is 10.3. The zero-order valence-corrected chi connectivity index (χ0v) is 12.0. The predicted octanol–water partition coefficient (Wildman–Crippen LogP) is 1.24. The molecule has 0 radical (unpaired) electrons. The van der Waals surface area contributed by atoms with Gasteiger partial charge in [-0.25, -0.2) is 4.79 Å². The van der Waals surface area contributed by atoms with Crippen LogP contribution in [0.3, 0.4) is 0 Å². The Hall–Kier alpha value is -3.15. The Labute approximate surface area is 126 Å². The lowest BCUT2D eigenvalue weighted by Crippen LogP contribution is -2.41. The molecule has 110 valence electrons. The van der Waals surface area contributed by atoms with Crippen LogP contribution in [0, 0.1) is 0 Å². The van der Waals surface area contributed by atoms with E-state index in [2.05, 4.69) is 10.5 Å². The number of amides is 1. The van der Waals surface area contributed by atoms with Crippen molar-refractivity contribution in [3.05, 3.63) is 76.7 Å². The number of aryl methyl sites for hydroxylation is 1. The summed E-state index contributed by atoms with van der Waals surface area (Å²) in [7, 11) is 1.63. The number of para-hydroxylation sites is 2. The molecule has 0 aliphatic heterocycles. The molecular formula is C16H15N4O2+. The van der Waals surface area contributed by atoms with Gasteiger partial charge in [0, 0.05) is 5.69 Å². The highest BCUT2D eigenvalue weighted by atomic mass is 16.2. The van der Waals surface area contributed by atoms with Crippen molar-refractivity contribution in [3.63, 3.8) is 0 Å². The molecule has 22 heavy (non-hydrogen) atoms. The van der Waals surface area contributed by atoms with E-state index in [0.717, 1.165) is 0 Å². The molecule has 3 aromatic rings. The maximum atomic E-state index is 12.5. The smallest absolute Gasteiger partial charge is 0.319 e. The molecule has 0 fully saturated rings. The van der Waals surface area contributed by atoms with Gasteiger partial charge in [-0.2, -0.15) is 4.68 Å². The first-order valence-electron chi connectivity index (χ1n) is 6.79. The minimum atomic E-state index is -0.454. The molecule has 0 aliphatic carbocycles. The van der Waals surface area contributed by atoms with E-state index >= 15 is 0 Å². The molecule has 2 N–H and O–H groups in total. The van der Waals surface area contributed by atoms with E-state index in [1.54, 1.807) is 31.3 Å². The highest BCUT2D eigenvalue weighted by molar-refractivity contribution is 6.01. The first kappa shape index (κ1) is 13.8. The fourth-order valence-corrected chi connectivity index (χ4v) is 2.21. The van der Waals surface area contributed by atoms with Gasteiger partial charge in [0.25, 0.3) is 0 Å². The summed E-state index contributed by atoms with van der Waals surface area (Å²) in [5.41, 5.74) is 0.941. The number of nitrogens with zero attached hydrogens (tertiary/aromatic N) is 2. The minimum absolute atomic E-state index is 0.0349. The van der Waals surface area contributed by atoms with Crippen LogP contribution in [-0.2, 0) is 7.05 Å². The van der Waals surface area contributed by atoms with E-state index in [4.69, 9.17) is 0 Å². The minimum Gasteiger partial charge on any atom is -0.319 e. The topological polar surface area (TPSA) is 70.8 Å². The van der Waals surface area contributed by atoms with Crippen molar-refractivity contribution in [2.45, 2.75) is 0 Å². The monoisotopic (exact) mass is 295 g/mol. The fraction of sp³-hybridized carbons (Fsp3) is 0.0625. The third-order valence-electron chi connectivity index (χ3n) is 3.25. The molecule has 0 saturated heterocycles. The van der Waals surface area contributed by atoms with Gasteiger partial charge in [-0.3, -0.25) is 4.79 Å². The number of aromatic nitrogens is 3. The molecule has 2 aromatic carbocycles. The Morgan fingerprint density at radius 3 is 2.27 bits per heavy atom. The zero-order chi connectivity index (χ0) is 15.5. The van der Waals surface area contributed by atoms with Crippen molar-refractivity contribution in [2.75, 3.05) is 5.32 Å². The van der Waals surface area contributed by atoms with Crippen LogP contribution >= 0.6 is 0 Å². The summed E-state index contributed by atoms with van der Waals surface area (Å²) < 4.78 is 2.74. The van der Waals surface area contributed by atoms with Gasteiger partial charge in [0.05, 0.1) is 0 Å². The second-order valence-electron chi connectivity index (χ2n) is 4.80. The Morgan fingerprint density at radius 1 is 1.05 bits per heavy atom. The zero-order valence-electron chi connectivity index (χ0n) is 12.0. The number of hydrogen-bond acceptors (Lipinski definition) is 2. The van der Waals surface area contributed by atoms with Crippen molar-refractivity contribution in [1.29, 1.82) is 0 Å². The summed E-state index contributed by atoms with van der Waals surface area (Å²) in [4.78, 5) is 24.8. The molecular weight excluding hydrogens is 280 g/mol. The van der Waals surface area contributed by atoms with Crippen LogP contribution in [0.2, 0.25) is 0 Å². The molecule has 6 heteroatoms. The molecule has 1 heterocycles. The van der Waals surface area contributed by atoms with E-state index in [1.165, 1.54) is 9.36 Å². The second-order valence-corrected chi connectivity index (χ2v) is 4.80. The van der Waals surface area contributed by atoms with Crippen LogP contribution < -0.4 is 15.6 Å². The molecule has 0 saturated carbocycles. The first-order valence-corrected chi connectivity index (χ1v) is 6.79. The van der Waals surface area contributed by atoms with Crippen molar-refractivity contribution < 1.29 is 9.48 Å². The summed E-state index contributed by atoms with van der Waals surface area (Å²) in [6.45, 7) is 0. The Kier molecular flexibility index (Phi) is 3.57. The summed E-state index contributed by atoms with van der Waals surface area (Å²) in [6.07, 6.45) is 0. The normalized spacial score (nSPS) is 10.4. The van der Waals surface area contributed by atoms with Crippen LogP contribution in [0.15, 0.2) is 65.5 Å². The number of benzene rings is 2. The van der Waals surface area contributed by atoms with Crippen LogP contribution in [0.5, 0.6) is 0 Å². The molecule has 1 aromatic heterocycles. The number of H-pyrrole nitrogens is 1. The van der Waals surface area contributed by atoms with Gasteiger partial charge in [-0.15, -0.1) is 0 Å². The van der Waals surface area contributed by atoms with Gasteiger partial charge in [-0.05, 0) is 24.3 Å². The highest BCUT2D eigenvalue weighted by Crippen LogP contribution is 2.06. The van der Waals surface area contributed by atoms with E-state index in [-0.39, 0.29) is 5.69 Å². The average Bonchev–Trinajstić information content (AvgIpc) is 2.84. The number of hydrogen-bond donors (Lipinski definition) is 2. The number of rotatable bonds is 3. The van der Waals surface area contributed by atoms with E-state index in [9.17, 15) is 9.59 Å². The molecule has 6 nitrogen and oxygen atoms in total. The number of carbonyl (C=O) groups excluding carboxylic acids is 1. The van der Waals surface area contributed by atoms with Crippen molar-refractivity contribution >= 4 is 11.6 Å². The molecule has 3 rings (SSSR count). The molecule has 0 spiro atoms. The molecule has 0 atom stereocenters. The van der Waals surface area contributed by atoms with Gasteiger partial charge in [0.15, 0.2) is 5.69 Å². The number of carbonyl (C=O) groups is 1. The maximum absolute atomic E-state index is 12.5. The van der Waals surface area contributed by atoms with Crippen LogP contribution in [0.4, 0.5) is 5.69 Å². The van der Waals surface area contributed by atoms with Gasteiger partial charge in [0.2, 0.25) is 0 Å². The SMILES string of the molecule is C[n+]1[nH]n(-c2ccccc2)c(=O)c1C(=O)Nc1ccccc1.